The first-order valence-electron chi connectivity index (χ1n) is 10.2. The Morgan fingerprint density at radius 1 is 1.15 bits per heavy atom. The topological polar surface area (TPSA) is 34.2 Å². The van der Waals surface area contributed by atoms with E-state index >= 15 is 0 Å². The smallest absolute Gasteiger partial charge is 0.161 e. The maximum absolute atomic E-state index is 5.92. The molecule has 2 saturated carbocycles. The summed E-state index contributed by atoms with van der Waals surface area (Å²) in [6.45, 7) is 3.90. The first kappa shape index (κ1) is 17.1. The zero-order valence-corrected chi connectivity index (χ0v) is 16.0. The minimum atomic E-state index is -0.0948. The van der Waals surface area contributed by atoms with Gasteiger partial charge in [0.1, 0.15) is 0 Å². The van der Waals surface area contributed by atoms with Gasteiger partial charge in [0.15, 0.2) is 6.29 Å². The Morgan fingerprint density at radius 2 is 1.96 bits per heavy atom. The lowest BCUT2D eigenvalue weighted by Gasteiger charge is -2.29. The van der Waals surface area contributed by atoms with Gasteiger partial charge in [-0.3, -0.25) is 0 Å². The van der Waals surface area contributed by atoms with Gasteiger partial charge in [0.2, 0.25) is 0 Å². The fourth-order valence-corrected chi connectivity index (χ4v) is 3.68. The van der Waals surface area contributed by atoms with Crippen LogP contribution in [0.25, 0.3) is 0 Å². The van der Waals surface area contributed by atoms with Crippen molar-refractivity contribution in [2.45, 2.75) is 51.7 Å². The average Bonchev–Trinajstić information content (AvgIpc) is 3.60. The van der Waals surface area contributed by atoms with Crippen LogP contribution in [0, 0.1) is 30.1 Å². The van der Waals surface area contributed by atoms with Gasteiger partial charge in [0, 0.05) is 41.6 Å². The monoisotopic (exact) mass is 361 g/mol. The highest BCUT2D eigenvalue weighted by atomic mass is 16.7. The molecule has 0 radical (unpaired) electrons. The van der Waals surface area contributed by atoms with Crippen molar-refractivity contribution in [1.29, 1.82) is 0 Å². The number of aromatic amines is 1. The second-order valence-electron chi connectivity index (χ2n) is 8.65. The molecule has 1 N–H and O–H groups in total. The molecule has 1 aromatic carbocycles. The molecule has 27 heavy (non-hydrogen) atoms. The molecule has 2 heterocycles. The summed E-state index contributed by atoms with van der Waals surface area (Å²) < 4.78 is 11.8. The third kappa shape index (κ3) is 4.13. The Kier molecular flexibility index (Phi) is 4.34. The molecule has 0 amide bonds. The van der Waals surface area contributed by atoms with Crippen molar-refractivity contribution in [3.05, 3.63) is 58.4 Å². The van der Waals surface area contributed by atoms with Crippen LogP contribution in [0.2, 0.25) is 0 Å². The standard InChI is InChI=1S/C24H27NO2/c1-17-2-3-19(7-6-18-4-5-18)10-21(17)13-22-11-20(14-25-22)12-23-26-15-24(8-9-24)16-27-23/h2-3,10-11,14,18,23,25H,4-5,8-9,12-13,15-16H2,1H3. The highest BCUT2D eigenvalue weighted by Gasteiger charge is 2.46. The number of H-pyrrole nitrogens is 1. The molecule has 0 bridgehead atoms. The van der Waals surface area contributed by atoms with Crippen molar-refractivity contribution in [1.82, 2.24) is 4.98 Å². The van der Waals surface area contributed by atoms with Crippen LogP contribution in [0.3, 0.4) is 0 Å². The molecule has 140 valence electrons. The molecule has 1 saturated heterocycles. The van der Waals surface area contributed by atoms with Gasteiger partial charge in [-0.2, -0.15) is 0 Å². The molecular formula is C24H27NO2. The summed E-state index contributed by atoms with van der Waals surface area (Å²) in [5, 5.41) is 0. The fourth-order valence-electron chi connectivity index (χ4n) is 3.68. The van der Waals surface area contributed by atoms with Gasteiger partial charge < -0.3 is 14.5 Å². The van der Waals surface area contributed by atoms with E-state index in [9.17, 15) is 0 Å². The first-order valence-corrected chi connectivity index (χ1v) is 10.2. The van der Waals surface area contributed by atoms with Gasteiger partial charge in [0.25, 0.3) is 0 Å². The van der Waals surface area contributed by atoms with E-state index in [0.29, 0.717) is 11.3 Å². The third-order valence-electron chi connectivity index (χ3n) is 6.04. The molecule has 2 aliphatic carbocycles. The van der Waals surface area contributed by atoms with E-state index in [0.717, 1.165) is 31.6 Å². The number of aryl methyl sites for hydroxylation is 1. The molecular weight excluding hydrogens is 334 g/mol. The number of aromatic nitrogens is 1. The molecule has 1 spiro atoms. The number of rotatable bonds is 4. The Morgan fingerprint density at radius 3 is 2.70 bits per heavy atom. The van der Waals surface area contributed by atoms with Crippen LogP contribution >= 0.6 is 0 Å². The molecule has 1 aliphatic heterocycles. The van der Waals surface area contributed by atoms with Crippen LogP contribution in [0.15, 0.2) is 30.5 Å². The van der Waals surface area contributed by atoms with E-state index in [1.54, 1.807) is 0 Å². The highest BCUT2D eigenvalue weighted by Crippen LogP contribution is 2.48. The van der Waals surface area contributed by atoms with Gasteiger partial charge in [-0.25, -0.2) is 0 Å². The van der Waals surface area contributed by atoms with E-state index in [1.165, 1.54) is 48.1 Å². The maximum atomic E-state index is 5.92. The molecule has 5 rings (SSSR count). The summed E-state index contributed by atoms with van der Waals surface area (Å²) in [5.41, 5.74) is 6.64. The summed E-state index contributed by atoms with van der Waals surface area (Å²) in [7, 11) is 0. The second kappa shape index (κ2) is 6.86. The minimum Gasteiger partial charge on any atom is -0.364 e. The number of hydrogen-bond donors (Lipinski definition) is 1. The summed E-state index contributed by atoms with van der Waals surface area (Å²) >= 11 is 0. The largest absolute Gasteiger partial charge is 0.364 e. The van der Waals surface area contributed by atoms with Crippen molar-refractivity contribution in [3.63, 3.8) is 0 Å². The number of hydrogen-bond acceptors (Lipinski definition) is 2. The van der Waals surface area contributed by atoms with Gasteiger partial charge in [-0.05, 0) is 67.5 Å². The summed E-state index contributed by atoms with van der Waals surface area (Å²) in [6.07, 6.45) is 8.78. The Hall–Kier alpha value is -2.02. The minimum absolute atomic E-state index is 0.0948. The van der Waals surface area contributed by atoms with Gasteiger partial charge in [-0.15, -0.1) is 0 Å². The quantitative estimate of drug-likeness (QED) is 0.821. The molecule has 2 aromatic rings. The van der Waals surface area contributed by atoms with Crippen LogP contribution < -0.4 is 0 Å². The lowest BCUT2D eigenvalue weighted by Crippen LogP contribution is -2.34. The van der Waals surface area contributed by atoms with Crippen LogP contribution in [-0.4, -0.2) is 24.5 Å². The molecule has 0 atom stereocenters. The van der Waals surface area contributed by atoms with E-state index in [4.69, 9.17) is 9.47 Å². The van der Waals surface area contributed by atoms with Gasteiger partial charge >= 0.3 is 0 Å². The normalized spacial score (nSPS) is 21.1. The Balaban J connectivity index is 1.22. The lowest BCUT2D eigenvalue weighted by atomic mass is 10.0. The SMILES string of the molecule is Cc1ccc(C#CC2CC2)cc1Cc1cc(CC2OCC3(CC3)CO2)c[nH]1. The van der Waals surface area contributed by atoms with Crippen LogP contribution in [-0.2, 0) is 22.3 Å². The predicted octanol–water partition coefficient (Wildman–Crippen LogP) is 4.37. The summed E-state index contributed by atoms with van der Waals surface area (Å²) in [5.74, 6) is 7.33. The van der Waals surface area contributed by atoms with Crippen LogP contribution in [0.1, 0.15) is 53.6 Å². The molecule has 3 nitrogen and oxygen atoms in total. The van der Waals surface area contributed by atoms with E-state index in [1.807, 2.05) is 0 Å². The predicted molar refractivity (Wildman–Crippen MR) is 105 cm³/mol. The van der Waals surface area contributed by atoms with Crippen molar-refractivity contribution in [2.24, 2.45) is 11.3 Å². The van der Waals surface area contributed by atoms with E-state index < -0.39 is 0 Å². The van der Waals surface area contributed by atoms with Crippen molar-refractivity contribution >= 4 is 0 Å². The lowest BCUT2D eigenvalue weighted by molar-refractivity contribution is -0.206. The summed E-state index contributed by atoms with van der Waals surface area (Å²) in [4.78, 5) is 3.43. The molecule has 3 aliphatic rings. The zero-order chi connectivity index (χ0) is 18.3. The van der Waals surface area contributed by atoms with Gasteiger partial charge in [0.05, 0.1) is 13.2 Å². The Bertz CT molecular complexity index is 883. The number of ether oxygens (including phenoxy) is 2. The van der Waals surface area contributed by atoms with Crippen LogP contribution in [0.5, 0.6) is 0 Å². The number of benzene rings is 1. The van der Waals surface area contributed by atoms with E-state index in [2.05, 4.69) is 54.2 Å². The third-order valence-corrected chi connectivity index (χ3v) is 6.04. The molecule has 0 unspecified atom stereocenters. The fraction of sp³-hybridized carbons (Fsp3) is 0.500. The maximum Gasteiger partial charge on any atom is 0.161 e. The molecule has 1 aromatic heterocycles. The zero-order valence-electron chi connectivity index (χ0n) is 16.0. The van der Waals surface area contributed by atoms with Crippen molar-refractivity contribution in [2.75, 3.05) is 13.2 Å². The van der Waals surface area contributed by atoms with E-state index in [-0.39, 0.29) is 6.29 Å². The van der Waals surface area contributed by atoms with Crippen LogP contribution in [0.4, 0.5) is 0 Å². The molecule has 3 fully saturated rings. The second-order valence-corrected chi connectivity index (χ2v) is 8.65. The highest BCUT2D eigenvalue weighted by molar-refractivity contribution is 5.42. The number of nitrogens with one attached hydrogen (secondary N) is 1. The average molecular weight is 361 g/mol. The Labute approximate surface area is 161 Å². The molecule has 3 heteroatoms. The summed E-state index contributed by atoms with van der Waals surface area (Å²) in [6, 6.07) is 8.82. The van der Waals surface area contributed by atoms with Crippen molar-refractivity contribution < 1.29 is 9.47 Å². The first-order chi connectivity index (χ1) is 13.2. The van der Waals surface area contributed by atoms with Crippen molar-refractivity contribution in [3.8, 4) is 11.8 Å². The van der Waals surface area contributed by atoms with Gasteiger partial charge in [-0.1, -0.05) is 17.9 Å².